The number of carbonyl (C=O) groups is 1. The van der Waals surface area contributed by atoms with Crippen molar-refractivity contribution < 1.29 is 4.79 Å². The molecule has 2 aromatic rings. The van der Waals surface area contributed by atoms with Crippen LogP contribution in [-0.4, -0.2) is 39.9 Å². The highest BCUT2D eigenvalue weighted by Gasteiger charge is 2.19. The molecule has 1 amide bonds. The second kappa shape index (κ2) is 7.47. The monoisotopic (exact) mass is 347 g/mol. The Morgan fingerprint density at radius 2 is 2.17 bits per heavy atom. The molecule has 6 heteroatoms. The van der Waals surface area contributed by atoms with E-state index in [0.717, 1.165) is 41.1 Å². The number of rotatable bonds is 5. The fourth-order valence-electron chi connectivity index (χ4n) is 2.69. The van der Waals surface area contributed by atoms with E-state index in [4.69, 9.17) is 10.7 Å². The van der Waals surface area contributed by atoms with Gasteiger partial charge < -0.3 is 5.73 Å². The molecule has 0 aliphatic carbocycles. The molecular formula is C17H21N3OS2. The van der Waals surface area contributed by atoms with E-state index in [2.05, 4.69) is 29.0 Å². The van der Waals surface area contributed by atoms with E-state index in [0.29, 0.717) is 5.56 Å². The number of benzene rings is 1. The first-order chi connectivity index (χ1) is 11.2. The van der Waals surface area contributed by atoms with Crippen LogP contribution in [0.2, 0.25) is 0 Å². The smallest absolute Gasteiger partial charge is 0.248 e. The number of hydrogen-bond donors (Lipinski definition) is 1. The highest BCUT2D eigenvalue weighted by Crippen LogP contribution is 2.26. The summed E-state index contributed by atoms with van der Waals surface area (Å²) in [6.45, 7) is 5.48. The van der Waals surface area contributed by atoms with Gasteiger partial charge in [0.1, 0.15) is 5.01 Å². The van der Waals surface area contributed by atoms with E-state index in [1.165, 1.54) is 12.2 Å². The number of thioether (sulfide) groups is 1. The van der Waals surface area contributed by atoms with Gasteiger partial charge in [-0.3, -0.25) is 9.69 Å². The molecule has 1 unspecified atom stereocenters. The van der Waals surface area contributed by atoms with Gasteiger partial charge in [0.2, 0.25) is 5.91 Å². The molecule has 1 aliphatic rings. The maximum absolute atomic E-state index is 11.1. The predicted molar refractivity (Wildman–Crippen MR) is 97.9 cm³/mol. The van der Waals surface area contributed by atoms with Gasteiger partial charge in [-0.15, -0.1) is 11.3 Å². The second-order valence-electron chi connectivity index (χ2n) is 5.72. The number of aromatic nitrogens is 1. The van der Waals surface area contributed by atoms with Gasteiger partial charge in [0.05, 0.1) is 5.69 Å². The number of carbonyl (C=O) groups excluding carboxylic acids is 1. The lowest BCUT2D eigenvalue weighted by molar-refractivity contribution is 0.100. The second-order valence-corrected chi connectivity index (χ2v) is 7.99. The van der Waals surface area contributed by atoms with Crippen molar-refractivity contribution in [3.63, 3.8) is 0 Å². The lowest BCUT2D eigenvalue weighted by Crippen LogP contribution is -2.37. The first kappa shape index (κ1) is 16.5. The Morgan fingerprint density at radius 3 is 2.87 bits per heavy atom. The van der Waals surface area contributed by atoms with Crippen molar-refractivity contribution in [3.8, 4) is 10.6 Å². The quantitative estimate of drug-likeness (QED) is 0.902. The molecule has 3 rings (SSSR count). The maximum Gasteiger partial charge on any atom is 0.248 e. The number of thiazole rings is 1. The Balaban J connectivity index is 1.66. The van der Waals surface area contributed by atoms with Crippen molar-refractivity contribution in [2.24, 2.45) is 5.73 Å². The Bertz CT molecular complexity index is 669. The zero-order valence-corrected chi connectivity index (χ0v) is 14.8. The van der Waals surface area contributed by atoms with Crippen molar-refractivity contribution >= 4 is 29.0 Å². The van der Waals surface area contributed by atoms with Crippen LogP contribution in [0.3, 0.4) is 0 Å². The van der Waals surface area contributed by atoms with Gasteiger partial charge >= 0.3 is 0 Å². The average Bonchev–Trinajstić information content (AvgIpc) is 3.03. The third-order valence-electron chi connectivity index (χ3n) is 4.03. The highest BCUT2D eigenvalue weighted by atomic mass is 32.2. The molecule has 1 aromatic heterocycles. The topological polar surface area (TPSA) is 59.2 Å². The van der Waals surface area contributed by atoms with Gasteiger partial charge in [-0.1, -0.05) is 19.1 Å². The molecule has 2 heterocycles. The summed E-state index contributed by atoms with van der Waals surface area (Å²) in [5, 5.41) is 3.89. The van der Waals surface area contributed by atoms with Gasteiger partial charge in [0.15, 0.2) is 0 Å². The maximum atomic E-state index is 11.1. The van der Waals surface area contributed by atoms with E-state index < -0.39 is 5.91 Å². The number of nitrogens with two attached hydrogens (primary N) is 1. The van der Waals surface area contributed by atoms with Crippen LogP contribution in [0, 0.1) is 0 Å². The third-order valence-corrected chi connectivity index (χ3v) is 6.34. The zero-order chi connectivity index (χ0) is 16.2. The molecule has 23 heavy (non-hydrogen) atoms. The van der Waals surface area contributed by atoms with Crippen LogP contribution in [0.15, 0.2) is 29.6 Å². The van der Waals surface area contributed by atoms with Gasteiger partial charge in [-0.25, -0.2) is 4.98 Å². The van der Waals surface area contributed by atoms with Crippen LogP contribution >= 0.6 is 23.1 Å². The van der Waals surface area contributed by atoms with Gasteiger partial charge in [0.25, 0.3) is 0 Å². The Labute approximate surface area is 145 Å². The molecule has 0 saturated carbocycles. The standard InChI is InChI=1S/C17H21N3OS2/c1-2-15-10-20(7-8-22-15)9-14-11-23-17(19-14)13-5-3-12(4-6-13)16(18)21/h3-6,11,15H,2,7-10H2,1H3,(H2,18,21). The Hall–Kier alpha value is -1.37. The van der Waals surface area contributed by atoms with Crippen molar-refractivity contribution in [1.82, 2.24) is 9.88 Å². The molecule has 0 radical (unpaired) electrons. The molecular weight excluding hydrogens is 326 g/mol. The van der Waals surface area contributed by atoms with E-state index in [-0.39, 0.29) is 0 Å². The van der Waals surface area contributed by atoms with Crippen molar-refractivity contribution in [1.29, 1.82) is 0 Å². The van der Waals surface area contributed by atoms with Crippen LogP contribution in [0.25, 0.3) is 10.6 Å². The van der Waals surface area contributed by atoms with E-state index in [1.807, 2.05) is 12.1 Å². The van der Waals surface area contributed by atoms with E-state index in [1.54, 1.807) is 23.5 Å². The molecule has 1 fully saturated rings. The number of nitrogens with zero attached hydrogens (tertiary/aromatic N) is 2. The predicted octanol–water partition coefficient (Wildman–Crippen LogP) is 3.24. The van der Waals surface area contributed by atoms with Crippen LogP contribution in [-0.2, 0) is 6.54 Å². The minimum Gasteiger partial charge on any atom is -0.366 e. The van der Waals surface area contributed by atoms with Crippen molar-refractivity contribution in [2.45, 2.75) is 25.1 Å². The number of amides is 1. The minimum absolute atomic E-state index is 0.398. The summed E-state index contributed by atoms with van der Waals surface area (Å²) in [6.07, 6.45) is 1.23. The summed E-state index contributed by atoms with van der Waals surface area (Å²) in [5.74, 6) is 0.814. The largest absolute Gasteiger partial charge is 0.366 e. The highest BCUT2D eigenvalue weighted by molar-refractivity contribution is 8.00. The van der Waals surface area contributed by atoms with Crippen LogP contribution in [0.5, 0.6) is 0 Å². The molecule has 0 bridgehead atoms. The first-order valence-corrected chi connectivity index (χ1v) is 9.77. The molecule has 1 saturated heterocycles. The van der Waals surface area contributed by atoms with Crippen LogP contribution in [0.4, 0.5) is 0 Å². The normalized spacial score (nSPS) is 18.9. The summed E-state index contributed by atoms with van der Waals surface area (Å²) >= 11 is 3.74. The number of hydrogen-bond acceptors (Lipinski definition) is 5. The fourth-order valence-corrected chi connectivity index (χ4v) is 4.76. The van der Waals surface area contributed by atoms with Crippen LogP contribution in [0.1, 0.15) is 29.4 Å². The van der Waals surface area contributed by atoms with Crippen LogP contribution < -0.4 is 5.73 Å². The molecule has 0 spiro atoms. The molecule has 1 aromatic carbocycles. The SMILES string of the molecule is CCC1CN(Cc2csc(-c3ccc(C(N)=O)cc3)n2)CCS1. The fraction of sp³-hybridized carbons (Fsp3) is 0.412. The summed E-state index contributed by atoms with van der Waals surface area (Å²) in [4.78, 5) is 18.4. The van der Waals surface area contributed by atoms with Crippen molar-refractivity contribution in [3.05, 3.63) is 40.9 Å². The summed E-state index contributed by atoms with van der Waals surface area (Å²) in [5.41, 5.74) is 7.97. The molecule has 4 nitrogen and oxygen atoms in total. The Morgan fingerprint density at radius 1 is 1.39 bits per heavy atom. The molecule has 122 valence electrons. The van der Waals surface area contributed by atoms with E-state index >= 15 is 0 Å². The van der Waals surface area contributed by atoms with E-state index in [9.17, 15) is 4.79 Å². The molecule has 2 N–H and O–H groups in total. The molecule has 1 aliphatic heterocycles. The summed E-state index contributed by atoms with van der Waals surface area (Å²) in [6, 6.07) is 7.33. The third kappa shape index (κ3) is 4.13. The molecule has 1 atom stereocenters. The van der Waals surface area contributed by atoms with Gasteiger partial charge in [-0.05, 0) is 18.6 Å². The van der Waals surface area contributed by atoms with Gasteiger partial charge in [-0.2, -0.15) is 11.8 Å². The number of primary amides is 1. The lowest BCUT2D eigenvalue weighted by atomic mass is 10.1. The minimum atomic E-state index is -0.398. The zero-order valence-electron chi connectivity index (χ0n) is 13.2. The summed E-state index contributed by atoms with van der Waals surface area (Å²) < 4.78 is 0. The average molecular weight is 348 g/mol. The van der Waals surface area contributed by atoms with Gasteiger partial charge in [0, 0.05) is 47.1 Å². The lowest BCUT2D eigenvalue weighted by Gasteiger charge is -2.31. The van der Waals surface area contributed by atoms with Crippen molar-refractivity contribution in [2.75, 3.05) is 18.8 Å². The Kier molecular flexibility index (Phi) is 5.35. The first-order valence-electron chi connectivity index (χ1n) is 7.84. The summed E-state index contributed by atoms with van der Waals surface area (Å²) in [7, 11) is 0.